The van der Waals surface area contributed by atoms with E-state index in [4.69, 9.17) is 16.8 Å². The fraction of sp³-hybridized carbons (Fsp3) is 0.147. The van der Waals surface area contributed by atoms with Crippen LogP contribution >= 0.6 is 0 Å². The Morgan fingerprint density at radius 1 is 0.667 bits per heavy atom. The minimum absolute atomic E-state index is 0.0208. The summed E-state index contributed by atoms with van der Waals surface area (Å²) in [6.07, 6.45) is 1.44. The summed E-state index contributed by atoms with van der Waals surface area (Å²) in [5.41, 5.74) is 3.67. The molecule has 176 valence electrons. The molecule has 0 saturated heterocycles. The Labute approximate surface area is 225 Å². The minimum atomic E-state index is -2.76. The van der Waals surface area contributed by atoms with E-state index in [1.54, 1.807) is 41.9 Å². The van der Waals surface area contributed by atoms with Gasteiger partial charge in [-0.05, 0) is 72.5 Å². The van der Waals surface area contributed by atoms with E-state index in [-0.39, 0.29) is 27.8 Å². The fourth-order valence-electron chi connectivity index (χ4n) is 5.04. The molecule has 2 aromatic heterocycles. The van der Waals surface area contributed by atoms with Crippen LogP contribution in [0.2, 0.25) is 0 Å². The van der Waals surface area contributed by atoms with E-state index in [1.165, 1.54) is 18.3 Å². The summed E-state index contributed by atoms with van der Waals surface area (Å²) in [5.74, 6) is 0. The zero-order valence-electron chi connectivity index (χ0n) is 29.0. The fourth-order valence-corrected chi connectivity index (χ4v) is 5.04. The van der Waals surface area contributed by atoms with Crippen LogP contribution < -0.4 is 4.57 Å². The van der Waals surface area contributed by atoms with Crippen LogP contribution in [0.3, 0.4) is 0 Å². The number of benzene rings is 4. The topological polar surface area (TPSA) is 17.0 Å². The third-order valence-corrected chi connectivity index (χ3v) is 6.80. The van der Waals surface area contributed by atoms with Gasteiger partial charge in [0.1, 0.15) is 18.2 Å². The maximum Gasteiger partial charge on any atom is 0.216 e. The first-order valence-corrected chi connectivity index (χ1v) is 11.8. The summed E-state index contributed by atoms with van der Waals surface area (Å²) >= 11 is 0. The van der Waals surface area contributed by atoms with Crippen molar-refractivity contribution in [1.82, 2.24) is 0 Å². The summed E-state index contributed by atoms with van der Waals surface area (Å²) in [6, 6.07) is 25.0. The monoisotopic (exact) mass is 477 g/mol. The standard InChI is InChI=1S/C34H30NO/c1-21-15-16-28-27-13-9-10-14-31(27)36-34(28)33(21)30-19-29(24(4)20-35(30)5)32-22(2)17-26(18-23(32)3)25-11-7-6-8-12-25/h6-20H,1-5H3/q+1/i2D3,3D3,4D3. The number of nitrogens with zero attached hydrogens (tertiary/aromatic N) is 1. The number of aromatic nitrogens is 1. The summed E-state index contributed by atoms with van der Waals surface area (Å²) < 4.78 is 84.3. The number of pyridine rings is 1. The van der Waals surface area contributed by atoms with Crippen molar-refractivity contribution in [3.05, 3.63) is 113 Å². The molecule has 0 amide bonds. The molecule has 0 spiro atoms. The Balaban J connectivity index is 1.76. The first-order valence-electron chi connectivity index (χ1n) is 16.3. The zero-order valence-corrected chi connectivity index (χ0v) is 20.0. The van der Waals surface area contributed by atoms with Gasteiger partial charge in [0.15, 0.2) is 6.20 Å². The van der Waals surface area contributed by atoms with Crippen LogP contribution in [-0.4, -0.2) is 0 Å². The molecule has 0 unspecified atom stereocenters. The molecule has 36 heavy (non-hydrogen) atoms. The highest BCUT2D eigenvalue weighted by Crippen LogP contribution is 2.39. The van der Waals surface area contributed by atoms with Crippen molar-refractivity contribution in [2.75, 3.05) is 0 Å². The maximum absolute atomic E-state index is 8.50. The van der Waals surface area contributed by atoms with Gasteiger partial charge in [-0.3, -0.25) is 0 Å². The lowest BCUT2D eigenvalue weighted by Crippen LogP contribution is -2.31. The molecule has 0 aliphatic heterocycles. The molecule has 0 aliphatic rings. The molecule has 4 aromatic carbocycles. The predicted molar refractivity (Wildman–Crippen MR) is 150 cm³/mol. The molecule has 6 rings (SSSR count). The quantitative estimate of drug-likeness (QED) is 0.233. The van der Waals surface area contributed by atoms with Gasteiger partial charge in [0.05, 0.1) is 5.56 Å². The molecule has 2 heterocycles. The molecule has 0 N–H and O–H groups in total. The van der Waals surface area contributed by atoms with Crippen molar-refractivity contribution < 1.29 is 21.3 Å². The Morgan fingerprint density at radius 3 is 2.14 bits per heavy atom. The van der Waals surface area contributed by atoms with Gasteiger partial charge in [-0.25, -0.2) is 4.57 Å². The highest BCUT2D eigenvalue weighted by Gasteiger charge is 2.23. The highest BCUT2D eigenvalue weighted by molar-refractivity contribution is 6.09. The van der Waals surface area contributed by atoms with Gasteiger partial charge >= 0.3 is 0 Å². The Kier molecular flexibility index (Phi) is 3.40. The van der Waals surface area contributed by atoms with Gasteiger partial charge in [0.25, 0.3) is 0 Å². The van der Waals surface area contributed by atoms with Crippen molar-refractivity contribution in [1.29, 1.82) is 0 Å². The van der Waals surface area contributed by atoms with Crippen molar-refractivity contribution in [2.24, 2.45) is 7.05 Å². The number of aryl methyl sites for hydroxylation is 5. The molecule has 0 saturated carbocycles. The van der Waals surface area contributed by atoms with Crippen LogP contribution in [0.25, 0.3) is 55.4 Å². The number of hydrogen-bond acceptors (Lipinski definition) is 1. The number of hydrogen-bond donors (Lipinski definition) is 0. The van der Waals surface area contributed by atoms with Crippen molar-refractivity contribution >= 4 is 21.9 Å². The van der Waals surface area contributed by atoms with E-state index >= 15 is 0 Å². The van der Waals surface area contributed by atoms with Gasteiger partial charge in [0.2, 0.25) is 5.69 Å². The van der Waals surface area contributed by atoms with Crippen molar-refractivity contribution in [3.8, 4) is 33.5 Å². The summed E-state index contributed by atoms with van der Waals surface area (Å²) in [6.45, 7) is -6.31. The zero-order chi connectivity index (χ0) is 32.5. The van der Waals surface area contributed by atoms with Crippen LogP contribution in [0.15, 0.2) is 95.5 Å². The van der Waals surface area contributed by atoms with Crippen LogP contribution in [0.5, 0.6) is 0 Å². The second-order valence-corrected chi connectivity index (χ2v) is 9.14. The molecule has 0 radical (unpaired) electrons. The Bertz CT molecular complexity index is 2050. The van der Waals surface area contributed by atoms with E-state index in [2.05, 4.69) is 0 Å². The Hall–Kier alpha value is -4.17. The summed E-state index contributed by atoms with van der Waals surface area (Å²) in [5, 5.41) is 1.79. The summed E-state index contributed by atoms with van der Waals surface area (Å²) in [7, 11) is 1.71. The highest BCUT2D eigenvalue weighted by atomic mass is 16.3. The van der Waals surface area contributed by atoms with E-state index in [0.29, 0.717) is 33.6 Å². The summed E-state index contributed by atoms with van der Waals surface area (Å²) in [4.78, 5) is 0. The van der Waals surface area contributed by atoms with E-state index < -0.39 is 20.6 Å². The van der Waals surface area contributed by atoms with Gasteiger partial charge in [-0.1, -0.05) is 72.8 Å². The molecule has 2 heteroatoms. The van der Waals surface area contributed by atoms with E-state index in [0.717, 1.165) is 16.3 Å². The molecule has 0 fully saturated rings. The van der Waals surface area contributed by atoms with Crippen LogP contribution in [0.4, 0.5) is 0 Å². The second-order valence-electron chi connectivity index (χ2n) is 9.14. The van der Waals surface area contributed by atoms with Gasteiger partial charge < -0.3 is 4.42 Å². The first-order chi connectivity index (χ1) is 21.1. The lowest BCUT2D eigenvalue weighted by atomic mass is 9.89. The Morgan fingerprint density at radius 2 is 1.39 bits per heavy atom. The average Bonchev–Trinajstić information content (AvgIpc) is 3.34. The molecule has 2 nitrogen and oxygen atoms in total. The van der Waals surface area contributed by atoms with E-state index in [1.807, 2.05) is 49.4 Å². The molecular formula is C34H30NO+. The average molecular weight is 478 g/mol. The lowest BCUT2D eigenvalue weighted by molar-refractivity contribution is -0.660. The van der Waals surface area contributed by atoms with Gasteiger partial charge in [-0.15, -0.1) is 0 Å². The number of para-hydroxylation sites is 1. The SMILES string of the molecule is [2H]C([2H])([2H])c1c[n+](C)c(-c2c(C)ccc3c2oc2ccccc23)cc1-c1c(C([2H])([2H])[2H])cc(-c2ccccc2)cc1C([2H])([2H])[2H]. The number of furan rings is 1. The third-order valence-electron chi connectivity index (χ3n) is 6.80. The third kappa shape index (κ3) is 3.53. The normalized spacial score (nSPS) is 16.2. The van der Waals surface area contributed by atoms with Crippen LogP contribution in [-0.2, 0) is 7.05 Å². The number of fused-ring (bicyclic) bond motifs is 3. The molecular weight excluding hydrogens is 438 g/mol. The van der Waals surface area contributed by atoms with Crippen molar-refractivity contribution in [3.63, 3.8) is 0 Å². The molecule has 0 bridgehead atoms. The smallest absolute Gasteiger partial charge is 0.216 e. The van der Waals surface area contributed by atoms with Gasteiger partial charge in [0, 0.05) is 34.7 Å². The predicted octanol–water partition coefficient (Wildman–Crippen LogP) is 8.65. The largest absolute Gasteiger partial charge is 0.455 e. The minimum Gasteiger partial charge on any atom is -0.455 e. The maximum atomic E-state index is 8.50. The second kappa shape index (κ2) is 8.49. The van der Waals surface area contributed by atoms with E-state index in [9.17, 15) is 0 Å². The first kappa shape index (κ1) is 14.4. The van der Waals surface area contributed by atoms with Crippen molar-refractivity contribution in [2.45, 2.75) is 27.5 Å². The van der Waals surface area contributed by atoms with Crippen LogP contribution in [0.1, 0.15) is 34.6 Å². The number of rotatable bonds is 3. The lowest BCUT2D eigenvalue weighted by Gasteiger charge is -2.16. The van der Waals surface area contributed by atoms with Gasteiger partial charge in [-0.2, -0.15) is 0 Å². The molecule has 6 aromatic rings. The molecule has 0 aliphatic carbocycles. The molecule has 0 atom stereocenters. The van der Waals surface area contributed by atoms with Crippen LogP contribution in [0, 0.1) is 27.5 Å².